The normalized spacial score (nSPS) is 39.4. The van der Waals surface area contributed by atoms with Gasteiger partial charge >= 0.3 is 0 Å². The minimum atomic E-state index is 0. The second kappa shape index (κ2) is 5.21. The van der Waals surface area contributed by atoms with Crippen molar-refractivity contribution in [3.8, 4) is 0 Å². The highest BCUT2D eigenvalue weighted by Gasteiger charge is 2.40. The highest BCUT2D eigenvalue weighted by Crippen LogP contribution is 2.36. The molecule has 1 spiro atoms. The fourth-order valence-corrected chi connectivity index (χ4v) is 3.42. The van der Waals surface area contributed by atoms with E-state index in [0.29, 0.717) is 5.41 Å². The molecule has 3 heterocycles. The Morgan fingerprint density at radius 1 is 1.38 bits per heavy atom. The van der Waals surface area contributed by atoms with Crippen LogP contribution in [0.15, 0.2) is 0 Å². The Kier molecular flexibility index (Phi) is 4.11. The van der Waals surface area contributed by atoms with Crippen molar-refractivity contribution in [1.82, 2.24) is 10.2 Å². The van der Waals surface area contributed by atoms with E-state index in [-0.39, 0.29) is 12.4 Å². The molecule has 0 aromatic rings. The maximum atomic E-state index is 5.45. The average molecular weight is 247 g/mol. The molecule has 0 aromatic heterocycles. The van der Waals surface area contributed by atoms with Crippen LogP contribution in [0.2, 0.25) is 0 Å². The summed E-state index contributed by atoms with van der Waals surface area (Å²) >= 11 is 0. The van der Waals surface area contributed by atoms with Gasteiger partial charge in [-0.3, -0.25) is 0 Å². The van der Waals surface area contributed by atoms with Gasteiger partial charge in [0.25, 0.3) is 0 Å². The van der Waals surface area contributed by atoms with Gasteiger partial charge in [-0.2, -0.15) is 0 Å². The molecule has 1 N–H and O–H groups in total. The molecule has 0 aromatic carbocycles. The van der Waals surface area contributed by atoms with Gasteiger partial charge in [0.2, 0.25) is 0 Å². The maximum Gasteiger partial charge on any atom is 0.0507 e. The Balaban J connectivity index is 0.000000963. The monoisotopic (exact) mass is 246 g/mol. The fourth-order valence-electron chi connectivity index (χ4n) is 3.42. The van der Waals surface area contributed by atoms with Crippen LogP contribution < -0.4 is 5.32 Å². The summed E-state index contributed by atoms with van der Waals surface area (Å²) in [7, 11) is 0. The molecule has 3 aliphatic rings. The number of hydrogen-bond acceptors (Lipinski definition) is 3. The smallest absolute Gasteiger partial charge is 0.0507 e. The van der Waals surface area contributed by atoms with E-state index >= 15 is 0 Å². The van der Waals surface area contributed by atoms with Crippen molar-refractivity contribution in [2.24, 2.45) is 11.3 Å². The lowest BCUT2D eigenvalue weighted by Gasteiger charge is -2.24. The van der Waals surface area contributed by atoms with Crippen molar-refractivity contribution in [1.29, 1.82) is 0 Å². The molecule has 94 valence electrons. The molecule has 0 aliphatic carbocycles. The minimum absolute atomic E-state index is 0. The Morgan fingerprint density at radius 2 is 2.31 bits per heavy atom. The number of halogens is 1. The molecule has 3 saturated heterocycles. The summed E-state index contributed by atoms with van der Waals surface area (Å²) < 4.78 is 5.45. The van der Waals surface area contributed by atoms with Crippen molar-refractivity contribution in [3.05, 3.63) is 0 Å². The van der Waals surface area contributed by atoms with E-state index in [9.17, 15) is 0 Å². The highest BCUT2D eigenvalue weighted by molar-refractivity contribution is 5.85. The van der Waals surface area contributed by atoms with Gasteiger partial charge < -0.3 is 15.0 Å². The number of nitrogens with one attached hydrogen (secondary N) is 1. The van der Waals surface area contributed by atoms with E-state index in [4.69, 9.17) is 4.74 Å². The van der Waals surface area contributed by atoms with E-state index in [1.54, 1.807) is 0 Å². The molecule has 2 atom stereocenters. The summed E-state index contributed by atoms with van der Waals surface area (Å²) in [6, 6.07) is 0. The molecule has 0 amide bonds. The van der Waals surface area contributed by atoms with Gasteiger partial charge in [0.1, 0.15) is 0 Å². The highest BCUT2D eigenvalue weighted by atomic mass is 35.5. The molecule has 0 saturated carbocycles. The summed E-state index contributed by atoms with van der Waals surface area (Å²) in [6.07, 6.45) is 4.08. The Hall–Kier alpha value is 0.170. The van der Waals surface area contributed by atoms with Crippen molar-refractivity contribution < 1.29 is 4.74 Å². The largest absolute Gasteiger partial charge is 0.381 e. The number of likely N-dealkylation sites (tertiary alicyclic amines) is 1. The molecule has 3 nitrogen and oxygen atoms in total. The first-order chi connectivity index (χ1) is 7.36. The molecule has 0 bridgehead atoms. The van der Waals surface area contributed by atoms with Crippen molar-refractivity contribution in [2.75, 3.05) is 45.9 Å². The number of nitrogens with zero attached hydrogens (tertiary/aromatic N) is 1. The molecule has 3 rings (SSSR count). The standard InChI is InChI=1S/C12H22N2O.ClH/c1-6-15-8-11(1)7-14-5-3-12(10-14)2-4-13-9-12;/h11,13H,1-10H2;1H. The van der Waals surface area contributed by atoms with Crippen LogP contribution in [0.25, 0.3) is 0 Å². The zero-order valence-corrected chi connectivity index (χ0v) is 10.7. The Bertz CT molecular complexity index is 225. The van der Waals surface area contributed by atoms with Crippen molar-refractivity contribution in [2.45, 2.75) is 19.3 Å². The number of rotatable bonds is 2. The van der Waals surface area contributed by atoms with Crippen LogP contribution in [-0.4, -0.2) is 50.8 Å². The number of ether oxygens (including phenoxy) is 1. The van der Waals surface area contributed by atoms with Gasteiger partial charge in [0.15, 0.2) is 0 Å². The third-order valence-corrected chi connectivity index (χ3v) is 4.39. The lowest BCUT2D eigenvalue weighted by molar-refractivity contribution is 0.170. The Morgan fingerprint density at radius 3 is 3.00 bits per heavy atom. The van der Waals surface area contributed by atoms with Crippen LogP contribution in [0.5, 0.6) is 0 Å². The summed E-state index contributed by atoms with van der Waals surface area (Å²) in [6.45, 7) is 8.41. The van der Waals surface area contributed by atoms with Gasteiger partial charge in [-0.05, 0) is 43.7 Å². The van der Waals surface area contributed by atoms with Crippen LogP contribution in [0.4, 0.5) is 0 Å². The summed E-state index contributed by atoms with van der Waals surface area (Å²) in [5, 5.41) is 3.52. The average Bonchev–Trinajstić information content (AvgIpc) is 2.92. The van der Waals surface area contributed by atoms with E-state index in [1.165, 1.54) is 52.0 Å². The molecule has 4 heteroatoms. The third kappa shape index (κ3) is 2.53. The van der Waals surface area contributed by atoms with Crippen LogP contribution in [0.3, 0.4) is 0 Å². The fraction of sp³-hybridized carbons (Fsp3) is 1.00. The zero-order valence-electron chi connectivity index (χ0n) is 9.91. The van der Waals surface area contributed by atoms with Crippen LogP contribution in [0.1, 0.15) is 19.3 Å². The van der Waals surface area contributed by atoms with E-state index in [1.807, 2.05) is 0 Å². The lowest BCUT2D eigenvalue weighted by Crippen LogP contribution is -2.32. The quantitative estimate of drug-likeness (QED) is 0.791. The predicted octanol–water partition coefficient (Wildman–Crippen LogP) is 1.13. The molecule has 3 aliphatic heterocycles. The van der Waals surface area contributed by atoms with Crippen molar-refractivity contribution in [3.63, 3.8) is 0 Å². The first-order valence-corrected chi connectivity index (χ1v) is 6.37. The zero-order chi connectivity index (χ0) is 10.1. The van der Waals surface area contributed by atoms with Crippen molar-refractivity contribution >= 4 is 12.4 Å². The lowest BCUT2D eigenvalue weighted by atomic mass is 9.86. The number of hydrogen-bond donors (Lipinski definition) is 1. The maximum absolute atomic E-state index is 5.45. The molecular formula is C12H23ClN2O. The third-order valence-electron chi connectivity index (χ3n) is 4.39. The Labute approximate surface area is 104 Å². The molecule has 2 unspecified atom stereocenters. The summed E-state index contributed by atoms with van der Waals surface area (Å²) in [5.74, 6) is 0.814. The van der Waals surface area contributed by atoms with E-state index in [2.05, 4.69) is 10.2 Å². The first-order valence-electron chi connectivity index (χ1n) is 6.37. The minimum Gasteiger partial charge on any atom is -0.381 e. The van der Waals surface area contributed by atoms with E-state index < -0.39 is 0 Å². The van der Waals surface area contributed by atoms with Gasteiger partial charge in [0.05, 0.1) is 6.61 Å². The van der Waals surface area contributed by atoms with Crippen LogP contribution in [-0.2, 0) is 4.74 Å². The van der Waals surface area contributed by atoms with Crippen LogP contribution >= 0.6 is 12.4 Å². The molecule has 3 fully saturated rings. The molecular weight excluding hydrogens is 224 g/mol. The van der Waals surface area contributed by atoms with Gasteiger partial charge in [-0.15, -0.1) is 12.4 Å². The molecule has 16 heavy (non-hydrogen) atoms. The topological polar surface area (TPSA) is 24.5 Å². The van der Waals surface area contributed by atoms with Crippen LogP contribution in [0, 0.1) is 11.3 Å². The first kappa shape index (κ1) is 12.6. The second-order valence-corrected chi connectivity index (χ2v) is 5.64. The predicted molar refractivity (Wildman–Crippen MR) is 67.2 cm³/mol. The summed E-state index contributed by atoms with van der Waals surface area (Å²) in [4.78, 5) is 2.67. The van der Waals surface area contributed by atoms with E-state index in [0.717, 1.165) is 19.1 Å². The van der Waals surface area contributed by atoms with Gasteiger partial charge in [-0.25, -0.2) is 0 Å². The van der Waals surface area contributed by atoms with Gasteiger partial charge in [-0.1, -0.05) is 0 Å². The second-order valence-electron chi connectivity index (χ2n) is 5.64. The van der Waals surface area contributed by atoms with Gasteiger partial charge in [0, 0.05) is 26.2 Å². The summed E-state index contributed by atoms with van der Waals surface area (Å²) in [5.41, 5.74) is 0.638. The molecule has 0 radical (unpaired) electrons. The SMILES string of the molecule is C1CC2(CCN(CC3CCOC3)C2)CN1.Cl.